The molecular weight excluding hydrogens is 378 g/mol. The summed E-state index contributed by atoms with van der Waals surface area (Å²) in [7, 11) is 0. The number of aromatic nitrogens is 2. The van der Waals surface area contributed by atoms with E-state index in [4.69, 9.17) is 14.4 Å². The molecule has 0 spiro atoms. The number of para-hydroxylation sites is 2. The molecule has 0 saturated carbocycles. The second-order valence-corrected chi connectivity index (χ2v) is 9.04. The number of thiophene rings is 1. The third-order valence-electron chi connectivity index (χ3n) is 4.70. The van der Waals surface area contributed by atoms with Crippen LogP contribution in [0.2, 0.25) is 0 Å². The molecule has 0 bridgehead atoms. The van der Waals surface area contributed by atoms with E-state index in [9.17, 15) is 0 Å². The van der Waals surface area contributed by atoms with Crippen LogP contribution in [0.5, 0.6) is 0 Å². The molecule has 0 atom stereocenters. The van der Waals surface area contributed by atoms with E-state index in [1.807, 2.05) is 30.5 Å². The third kappa shape index (κ3) is 3.38. The van der Waals surface area contributed by atoms with Crippen LogP contribution in [0.15, 0.2) is 70.6 Å². The lowest BCUT2D eigenvalue weighted by molar-refractivity contribution is 0.614. The van der Waals surface area contributed by atoms with E-state index in [-0.39, 0.29) is 5.54 Å². The van der Waals surface area contributed by atoms with Gasteiger partial charge < -0.3 is 9.73 Å². The van der Waals surface area contributed by atoms with Crippen molar-refractivity contribution in [1.29, 1.82) is 0 Å². The molecule has 5 heteroatoms. The molecule has 0 aliphatic carbocycles. The summed E-state index contributed by atoms with van der Waals surface area (Å²) < 4.78 is 7.35. The highest BCUT2D eigenvalue weighted by Crippen LogP contribution is 2.38. The summed E-state index contributed by atoms with van der Waals surface area (Å²) in [6.45, 7) is 6.35. The summed E-state index contributed by atoms with van der Waals surface area (Å²) in [6, 6.07) is 18.4. The molecule has 5 aromatic rings. The molecule has 144 valence electrons. The first kappa shape index (κ1) is 17.9. The van der Waals surface area contributed by atoms with Gasteiger partial charge in [-0.05, 0) is 50.4 Å². The maximum absolute atomic E-state index is 6.08. The van der Waals surface area contributed by atoms with E-state index in [1.54, 1.807) is 11.3 Å². The Morgan fingerprint density at radius 1 is 0.966 bits per heavy atom. The summed E-state index contributed by atoms with van der Waals surface area (Å²) in [4.78, 5) is 9.48. The smallest absolute Gasteiger partial charge is 0.231 e. The van der Waals surface area contributed by atoms with Crippen LogP contribution in [0.25, 0.3) is 43.8 Å². The molecule has 0 aliphatic heterocycles. The van der Waals surface area contributed by atoms with Crippen molar-refractivity contribution in [3.63, 3.8) is 0 Å². The van der Waals surface area contributed by atoms with Crippen LogP contribution in [-0.2, 0) is 0 Å². The minimum absolute atomic E-state index is 0.135. The monoisotopic (exact) mass is 399 g/mol. The number of pyridine rings is 1. The lowest BCUT2D eigenvalue weighted by atomic mass is 10.0. The SMILES string of the molecule is CC(C)(C)Nc1ncc(-c2csc3ccccc23)cc1-c1nc2ccccc2o1. The summed E-state index contributed by atoms with van der Waals surface area (Å²) in [6.07, 6.45) is 1.93. The second kappa shape index (κ2) is 6.71. The molecule has 0 aliphatic rings. The van der Waals surface area contributed by atoms with Gasteiger partial charge in [0.05, 0.1) is 5.56 Å². The second-order valence-electron chi connectivity index (χ2n) is 8.13. The molecule has 3 aromatic heterocycles. The topological polar surface area (TPSA) is 51.0 Å². The molecular formula is C24H21N3OS. The Morgan fingerprint density at radius 3 is 2.59 bits per heavy atom. The lowest BCUT2D eigenvalue weighted by Crippen LogP contribution is -2.27. The van der Waals surface area contributed by atoms with Gasteiger partial charge >= 0.3 is 0 Å². The molecule has 0 amide bonds. The Kier molecular flexibility index (Phi) is 4.14. The van der Waals surface area contributed by atoms with Crippen LogP contribution in [0, 0.1) is 0 Å². The maximum atomic E-state index is 6.08. The van der Waals surface area contributed by atoms with Crippen LogP contribution < -0.4 is 5.32 Å². The molecule has 3 heterocycles. The van der Waals surface area contributed by atoms with Crippen molar-refractivity contribution in [3.05, 3.63) is 66.2 Å². The van der Waals surface area contributed by atoms with Gasteiger partial charge in [-0.3, -0.25) is 0 Å². The van der Waals surface area contributed by atoms with Gasteiger partial charge in [0.1, 0.15) is 11.3 Å². The van der Waals surface area contributed by atoms with Gasteiger partial charge in [0.15, 0.2) is 5.58 Å². The molecule has 29 heavy (non-hydrogen) atoms. The lowest BCUT2D eigenvalue weighted by Gasteiger charge is -2.22. The normalized spacial score (nSPS) is 12.0. The average Bonchev–Trinajstić information content (AvgIpc) is 3.31. The Labute approximate surface area is 173 Å². The number of rotatable bonds is 3. The van der Waals surface area contributed by atoms with E-state index in [0.717, 1.165) is 28.0 Å². The van der Waals surface area contributed by atoms with Crippen molar-refractivity contribution in [2.75, 3.05) is 5.32 Å². The minimum atomic E-state index is -0.135. The Bertz CT molecular complexity index is 1290. The van der Waals surface area contributed by atoms with Crippen molar-refractivity contribution >= 4 is 38.3 Å². The fourth-order valence-electron chi connectivity index (χ4n) is 3.42. The van der Waals surface area contributed by atoms with Crippen LogP contribution in [0.3, 0.4) is 0 Å². The fourth-order valence-corrected chi connectivity index (χ4v) is 4.39. The first-order valence-corrected chi connectivity index (χ1v) is 10.5. The molecule has 0 radical (unpaired) electrons. The van der Waals surface area contributed by atoms with E-state index in [1.165, 1.54) is 15.6 Å². The zero-order valence-corrected chi connectivity index (χ0v) is 17.4. The minimum Gasteiger partial charge on any atom is -0.436 e. The van der Waals surface area contributed by atoms with Crippen molar-refractivity contribution < 1.29 is 4.42 Å². The zero-order valence-electron chi connectivity index (χ0n) is 16.6. The highest BCUT2D eigenvalue weighted by molar-refractivity contribution is 7.17. The van der Waals surface area contributed by atoms with E-state index in [0.29, 0.717) is 5.89 Å². The quantitative estimate of drug-likeness (QED) is 0.355. The number of anilines is 1. The van der Waals surface area contributed by atoms with Crippen LogP contribution in [0.4, 0.5) is 5.82 Å². The highest BCUT2D eigenvalue weighted by atomic mass is 32.1. The molecule has 0 unspecified atom stereocenters. The van der Waals surface area contributed by atoms with Crippen molar-refractivity contribution in [2.24, 2.45) is 0 Å². The van der Waals surface area contributed by atoms with Crippen LogP contribution in [0.1, 0.15) is 20.8 Å². The molecule has 5 rings (SSSR count). The Morgan fingerprint density at radius 2 is 1.76 bits per heavy atom. The number of nitrogens with zero attached hydrogens (tertiary/aromatic N) is 2. The molecule has 0 saturated heterocycles. The predicted molar refractivity (Wildman–Crippen MR) is 121 cm³/mol. The molecule has 4 nitrogen and oxygen atoms in total. The third-order valence-corrected chi connectivity index (χ3v) is 5.66. The standard InChI is InChI=1S/C24H21N3OS/c1-24(2,3)27-22-17(23-26-19-9-5-6-10-20(19)28-23)12-15(13-25-22)18-14-29-21-11-7-4-8-16(18)21/h4-14H,1-3H3,(H,25,27). The fraction of sp³-hybridized carbons (Fsp3) is 0.167. The summed E-state index contributed by atoms with van der Waals surface area (Å²) in [5.41, 5.74) is 4.58. The maximum Gasteiger partial charge on any atom is 0.231 e. The number of nitrogens with one attached hydrogen (secondary N) is 1. The first-order chi connectivity index (χ1) is 14.0. The number of hydrogen-bond donors (Lipinski definition) is 1. The number of hydrogen-bond acceptors (Lipinski definition) is 5. The average molecular weight is 400 g/mol. The number of oxazole rings is 1. The van der Waals surface area contributed by atoms with Gasteiger partial charge in [0, 0.05) is 32.9 Å². The van der Waals surface area contributed by atoms with Crippen molar-refractivity contribution in [2.45, 2.75) is 26.3 Å². The van der Waals surface area contributed by atoms with Gasteiger partial charge in [-0.1, -0.05) is 30.3 Å². The van der Waals surface area contributed by atoms with Crippen molar-refractivity contribution in [3.8, 4) is 22.6 Å². The highest BCUT2D eigenvalue weighted by Gasteiger charge is 2.20. The Balaban J connectivity index is 1.70. The van der Waals surface area contributed by atoms with Gasteiger partial charge in [-0.15, -0.1) is 11.3 Å². The van der Waals surface area contributed by atoms with Gasteiger partial charge in [0.25, 0.3) is 0 Å². The molecule has 2 aromatic carbocycles. The van der Waals surface area contributed by atoms with Crippen molar-refractivity contribution in [1.82, 2.24) is 9.97 Å². The van der Waals surface area contributed by atoms with Gasteiger partial charge in [-0.2, -0.15) is 0 Å². The summed E-state index contributed by atoms with van der Waals surface area (Å²) in [5, 5.41) is 6.92. The van der Waals surface area contributed by atoms with Crippen LogP contribution in [-0.4, -0.2) is 15.5 Å². The van der Waals surface area contributed by atoms with E-state index >= 15 is 0 Å². The Hall–Kier alpha value is -3.18. The first-order valence-electron chi connectivity index (χ1n) is 9.59. The van der Waals surface area contributed by atoms with E-state index < -0.39 is 0 Å². The zero-order chi connectivity index (χ0) is 20.0. The van der Waals surface area contributed by atoms with Gasteiger partial charge in [-0.25, -0.2) is 9.97 Å². The molecule has 0 fully saturated rings. The van der Waals surface area contributed by atoms with Gasteiger partial charge in [0.2, 0.25) is 5.89 Å². The number of fused-ring (bicyclic) bond motifs is 2. The summed E-state index contributed by atoms with van der Waals surface area (Å²) in [5.74, 6) is 1.35. The molecule has 1 N–H and O–H groups in total. The largest absolute Gasteiger partial charge is 0.436 e. The van der Waals surface area contributed by atoms with E-state index in [2.05, 4.69) is 61.8 Å². The summed E-state index contributed by atoms with van der Waals surface area (Å²) >= 11 is 1.75. The van der Waals surface area contributed by atoms with Crippen LogP contribution >= 0.6 is 11.3 Å². The number of benzene rings is 2. The predicted octanol–water partition coefficient (Wildman–Crippen LogP) is 6.98.